The number of aromatic nitrogens is 1. The number of fused-ring (bicyclic) bond motifs is 2. The number of nitrogens with zero attached hydrogens (tertiary/aromatic N) is 3. The maximum absolute atomic E-state index is 14.3. The highest BCUT2D eigenvalue weighted by molar-refractivity contribution is 7.82. The largest absolute Gasteiger partial charge is 0.354 e. The number of halogens is 1. The Labute approximate surface area is 198 Å². The third-order valence-electron chi connectivity index (χ3n) is 6.33. The fraction of sp³-hybridized carbons (Fsp3) is 0.520. The van der Waals surface area contributed by atoms with Crippen molar-refractivity contribution < 1.29 is 13.4 Å². The lowest BCUT2D eigenvalue weighted by Crippen LogP contribution is -2.47. The van der Waals surface area contributed by atoms with Gasteiger partial charge in [0, 0.05) is 32.6 Å². The molecule has 4 aliphatic heterocycles. The molecule has 4 aliphatic rings. The molecule has 0 spiro atoms. The van der Waals surface area contributed by atoms with Crippen molar-refractivity contribution in [2.24, 2.45) is 0 Å². The van der Waals surface area contributed by atoms with Gasteiger partial charge in [-0.05, 0) is 55.2 Å². The number of piperazine rings is 1. The molecule has 6 nitrogen and oxygen atoms in total. The Bertz CT molecular complexity index is 961. The molecule has 0 radical (unpaired) electrons. The van der Waals surface area contributed by atoms with Crippen LogP contribution in [0.4, 0.5) is 15.9 Å². The van der Waals surface area contributed by atoms with E-state index in [1.54, 1.807) is 12.3 Å². The predicted molar refractivity (Wildman–Crippen MR) is 130 cm³/mol. The van der Waals surface area contributed by atoms with Crippen LogP contribution in [-0.4, -0.2) is 45.6 Å². The standard InChI is InChI=1S/C25H33FN4O2S/c26-21-16-20-8-6-4-2-1-3-5-7-9-25(31)28-22-10-11-24(27-19-22)29-12-14-30(15-13-29)33(32)23(17-20)18-21/h10-11,16-19H,1-9,12-15H2,(H,28,31). The summed E-state index contributed by atoms with van der Waals surface area (Å²) in [5.41, 5.74) is 1.63. The van der Waals surface area contributed by atoms with Crippen LogP contribution in [0.1, 0.15) is 56.9 Å². The SMILES string of the molecule is O=C1CCCCCCCCCc2cc(F)cc(c2)S(=O)N2CCN(CC2)c2ccc(cn2)N1. The summed E-state index contributed by atoms with van der Waals surface area (Å²) >= 11 is 0. The first-order chi connectivity index (χ1) is 16.1. The summed E-state index contributed by atoms with van der Waals surface area (Å²) < 4.78 is 29.3. The van der Waals surface area contributed by atoms with E-state index in [-0.39, 0.29) is 11.7 Å². The minimum Gasteiger partial charge on any atom is -0.354 e. The molecule has 2 aromatic rings. The Morgan fingerprint density at radius 1 is 0.879 bits per heavy atom. The van der Waals surface area contributed by atoms with Crippen molar-refractivity contribution in [2.45, 2.75) is 62.7 Å². The van der Waals surface area contributed by atoms with Crippen LogP contribution in [-0.2, 0) is 22.2 Å². The second kappa shape index (κ2) is 11.7. The summed E-state index contributed by atoms with van der Waals surface area (Å²) in [6, 6.07) is 8.68. The van der Waals surface area contributed by atoms with Gasteiger partial charge in [-0.2, -0.15) is 0 Å². The van der Waals surface area contributed by atoms with Crippen molar-refractivity contribution in [2.75, 3.05) is 36.4 Å². The predicted octanol–water partition coefficient (Wildman–Crippen LogP) is 4.68. The van der Waals surface area contributed by atoms with Gasteiger partial charge in [-0.15, -0.1) is 0 Å². The van der Waals surface area contributed by atoms with Gasteiger partial charge in [0.05, 0.1) is 16.8 Å². The number of carbonyl (C=O) groups excluding carboxylic acids is 1. The third kappa shape index (κ3) is 6.84. The van der Waals surface area contributed by atoms with Crippen LogP contribution in [0.25, 0.3) is 0 Å². The number of aryl methyl sites for hydroxylation is 1. The molecule has 5 heterocycles. The molecule has 0 saturated carbocycles. The first kappa shape index (κ1) is 23.8. The van der Waals surface area contributed by atoms with Crippen molar-refractivity contribution in [3.05, 3.63) is 47.9 Å². The van der Waals surface area contributed by atoms with E-state index in [0.29, 0.717) is 43.2 Å². The van der Waals surface area contributed by atoms with E-state index in [0.717, 1.165) is 62.7 Å². The molecule has 33 heavy (non-hydrogen) atoms. The number of rotatable bonds is 0. The Morgan fingerprint density at radius 3 is 2.27 bits per heavy atom. The van der Waals surface area contributed by atoms with Gasteiger partial charge in [0.1, 0.15) is 22.6 Å². The lowest BCUT2D eigenvalue weighted by atomic mass is 10.0. The Morgan fingerprint density at radius 2 is 1.58 bits per heavy atom. The molecule has 6 rings (SSSR count). The summed E-state index contributed by atoms with van der Waals surface area (Å²) in [7, 11) is -1.38. The summed E-state index contributed by atoms with van der Waals surface area (Å²) in [6.07, 6.45) is 10.5. The molecule has 6 bridgehead atoms. The van der Waals surface area contributed by atoms with Gasteiger partial charge in [-0.3, -0.25) is 4.79 Å². The topological polar surface area (TPSA) is 65.5 Å². The fourth-order valence-corrected chi connectivity index (χ4v) is 5.73. The molecule has 1 amide bonds. The average molecular weight is 473 g/mol. The molecule has 0 aliphatic carbocycles. The normalized spacial score (nSPS) is 23.3. The van der Waals surface area contributed by atoms with Crippen LogP contribution in [0.3, 0.4) is 0 Å². The number of hydrogen-bond acceptors (Lipinski definition) is 4. The van der Waals surface area contributed by atoms with Gasteiger partial charge >= 0.3 is 0 Å². The van der Waals surface area contributed by atoms with Crippen LogP contribution in [0.15, 0.2) is 41.4 Å². The molecular weight excluding hydrogens is 439 g/mol. The first-order valence-corrected chi connectivity index (χ1v) is 13.2. The first-order valence-electron chi connectivity index (χ1n) is 12.1. The van der Waals surface area contributed by atoms with Gasteiger partial charge in [0.2, 0.25) is 5.91 Å². The van der Waals surface area contributed by atoms with E-state index in [9.17, 15) is 13.4 Å². The van der Waals surface area contributed by atoms with Crippen LogP contribution in [0.2, 0.25) is 0 Å². The van der Waals surface area contributed by atoms with Crippen molar-refractivity contribution in [1.29, 1.82) is 0 Å². The van der Waals surface area contributed by atoms with Gasteiger partial charge in [-0.1, -0.05) is 32.1 Å². The number of carbonyl (C=O) groups is 1. The summed E-state index contributed by atoms with van der Waals surface area (Å²) in [5.74, 6) is 0.560. The van der Waals surface area contributed by atoms with Crippen LogP contribution in [0.5, 0.6) is 0 Å². The van der Waals surface area contributed by atoms with E-state index >= 15 is 0 Å². The monoisotopic (exact) mass is 472 g/mol. The molecule has 178 valence electrons. The molecule has 1 fully saturated rings. The summed E-state index contributed by atoms with van der Waals surface area (Å²) in [6.45, 7) is 2.59. The highest BCUT2D eigenvalue weighted by Gasteiger charge is 2.23. The van der Waals surface area contributed by atoms with E-state index in [4.69, 9.17) is 0 Å². The molecule has 1 unspecified atom stereocenters. The van der Waals surface area contributed by atoms with Crippen LogP contribution < -0.4 is 10.2 Å². The number of pyridine rings is 1. The van der Waals surface area contributed by atoms with Crippen molar-refractivity contribution in [1.82, 2.24) is 9.29 Å². The minimum atomic E-state index is -1.38. The molecule has 1 N–H and O–H groups in total. The lowest BCUT2D eigenvalue weighted by molar-refractivity contribution is -0.116. The van der Waals surface area contributed by atoms with E-state index in [2.05, 4.69) is 15.2 Å². The van der Waals surface area contributed by atoms with E-state index in [1.165, 1.54) is 6.07 Å². The maximum atomic E-state index is 14.3. The highest BCUT2D eigenvalue weighted by atomic mass is 32.2. The van der Waals surface area contributed by atoms with Crippen LogP contribution in [0, 0.1) is 5.82 Å². The van der Waals surface area contributed by atoms with E-state index in [1.807, 2.05) is 22.5 Å². The number of anilines is 2. The molecular formula is C25H33FN4O2S. The summed E-state index contributed by atoms with van der Waals surface area (Å²) in [5, 5.41) is 2.94. The highest BCUT2D eigenvalue weighted by Crippen LogP contribution is 2.22. The third-order valence-corrected chi connectivity index (χ3v) is 7.80. The Balaban J connectivity index is 1.46. The second-order valence-electron chi connectivity index (χ2n) is 8.89. The summed E-state index contributed by atoms with van der Waals surface area (Å²) in [4.78, 5) is 19.4. The fourth-order valence-electron chi connectivity index (χ4n) is 4.47. The average Bonchev–Trinajstić information content (AvgIpc) is 2.82. The lowest BCUT2D eigenvalue weighted by Gasteiger charge is -2.34. The molecule has 1 aromatic carbocycles. The zero-order chi connectivity index (χ0) is 23.0. The molecule has 8 heteroatoms. The Kier molecular flexibility index (Phi) is 8.45. The van der Waals surface area contributed by atoms with Crippen molar-refractivity contribution in [3.63, 3.8) is 0 Å². The van der Waals surface area contributed by atoms with Gasteiger partial charge in [-0.25, -0.2) is 17.9 Å². The quantitative estimate of drug-likeness (QED) is 0.605. The second-order valence-corrected chi connectivity index (χ2v) is 10.4. The number of nitrogens with one attached hydrogen (secondary N) is 1. The number of benzene rings is 1. The van der Waals surface area contributed by atoms with E-state index < -0.39 is 11.0 Å². The molecule has 1 saturated heterocycles. The molecule has 1 atom stereocenters. The molecule has 1 aromatic heterocycles. The Hall–Kier alpha value is -2.32. The van der Waals surface area contributed by atoms with Crippen LogP contribution >= 0.6 is 0 Å². The van der Waals surface area contributed by atoms with Crippen molar-refractivity contribution in [3.8, 4) is 0 Å². The maximum Gasteiger partial charge on any atom is 0.224 e. The number of hydrogen-bond donors (Lipinski definition) is 1. The zero-order valence-electron chi connectivity index (χ0n) is 19.1. The van der Waals surface area contributed by atoms with Crippen molar-refractivity contribution >= 4 is 28.4 Å². The van der Waals surface area contributed by atoms with Gasteiger partial charge < -0.3 is 10.2 Å². The number of amides is 1. The zero-order valence-corrected chi connectivity index (χ0v) is 19.9. The van der Waals surface area contributed by atoms with Gasteiger partial charge in [0.25, 0.3) is 0 Å². The minimum absolute atomic E-state index is 0.0352. The smallest absolute Gasteiger partial charge is 0.224 e. The van der Waals surface area contributed by atoms with Gasteiger partial charge in [0.15, 0.2) is 0 Å².